The molecule has 0 aliphatic carbocycles. The van der Waals surface area contributed by atoms with Crippen LogP contribution in [0.5, 0.6) is 17.2 Å². The molecule has 0 saturated heterocycles. The molecule has 0 aromatic heterocycles. The Morgan fingerprint density at radius 2 is 1.48 bits per heavy atom. The smallest absolute Gasteiger partial charge is 0.313 e. The molecule has 5 heteroatoms. The van der Waals surface area contributed by atoms with Crippen molar-refractivity contribution in [1.29, 1.82) is 0 Å². The fourth-order valence-corrected chi connectivity index (χ4v) is 1.36. The first-order valence-electron chi connectivity index (χ1n) is 7.05. The highest BCUT2D eigenvalue weighted by Crippen LogP contribution is 2.32. The van der Waals surface area contributed by atoms with Crippen LogP contribution in [-0.4, -0.2) is 18.5 Å². The zero-order valence-corrected chi connectivity index (χ0v) is 13.1. The van der Waals surface area contributed by atoms with Crippen molar-refractivity contribution in [3.05, 3.63) is 18.2 Å². The maximum atomic E-state index is 11.7. The van der Waals surface area contributed by atoms with Gasteiger partial charge in [0, 0.05) is 6.07 Å². The van der Waals surface area contributed by atoms with Crippen LogP contribution >= 0.6 is 0 Å². The van der Waals surface area contributed by atoms with Gasteiger partial charge in [0.05, 0.1) is 18.4 Å². The molecule has 116 valence electrons. The minimum Gasteiger partial charge on any atom is -0.494 e. The maximum Gasteiger partial charge on any atom is 0.313 e. The lowest BCUT2D eigenvalue weighted by molar-refractivity contribution is -0.140. The lowest BCUT2D eigenvalue weighted by atomic mass is 10.2. The molecule has 0 aliphatic rings. The van der Waals surface area contributed by atoms with E-state index in [1.54, 1.807) is 45.9 Å². The molecule has 21 heavy (non-hydrogen) atoms. The molecule has 1 aromatic carbocycles. The van der Waals surface area contributed by atoms with Crippen LogP contribution in [0.2, 0.25) is 0 Å². The third-order valence-electron chi connectivity index (χ3n) is 2.59. The minimum atomic E-state index is -0.398. The molecule has 0 saturated carbocycles. The summed E-state index contributed by atoms with van der Waals surface area (Å²) in [5.74, 6) is -0.390. The second-order valence-electron chi connectivity index (χ2n) is 5.19. The van der Waals surface area contributed by atoms with E-state index in [-0.39, 0.29) is 29.3 Å². The van der Waals surface area contributed by atoms with Crippen molar-refractivity contribution in [1.82, 2.24) is 0 Å². The first kappa shape index (κ1) is 17.0. The fraction of sp³-hybridized carbons (Fsp3) is 0.500. The quantitative estimate of drug-likeness (QED) is 0.595. The summed E-state index contributed by atoms with van der Waals surface area (Å²) in [6.45, 7) is 9.27. The number of esters is 2. The molecule has 0 unspecified atom stereocenters. The average molecular weight is 294 g/mol. The Balaban J connectivity index is 3.04. The Kier molecular flexibility index (Phi) is 6.21. The molecule has 5 nitrogen and oxygen atoms in total. The second kappa shape index (κ2) is 7.67. The number of carbonyl (C=O) groups excluding carboxylic acids is 2. The number of ether oxygens (including phenoxy) is 3. The van der Waals surface area contributed by atoms with Gasteiger partial charge in [0.15, 0.2) is 11.5 Å². The van der Waals surface area contributed by atoms with Crippen LogP contribution in [-0.2, 0) is 9.59 Å². The van der Waals surface area contributed by atoms with E-state index in [9.17, 15) is 9.59 Å². The van der Waals surface area contributed by atoms with Crippen molar-refractivity contribution < 1.29 is 23.8 Å². The molecular weight excluding hydrogens is 272 g/mol. The summed E-state index contributed by atoms with van der Waals surface area (Å²) >= 11 is 0. The van der Waals surface area contributed by atoms with Gasteiger partial charge in [-0.25, -0.2) is 0 Å². The summed E-state index contributed by atoms with van der Waals surface area (Å²) in [5.41, 5.74) is 0. The molecule has 0 amide bonds. The van der Waals surface area contributed by atoms with Crippen LogP contribution in [0.15, 0.2) is 18.2 Å². The molecule has 1 aromatic rings. The molecule has 0 spiro atoms. The van der Waals surface area contributed by atoms with Crippen LogP contribution in [0.4, 0.5) is 0 Å². The predicted octanol–water partition coefficient (Wildman–Crippen LogP) is 3.21. The van der Waals surface area contributed by atoms with Crippen LogP contribution in [0.3, 0.4) is 0 Å². The number of benzene rings is 1. The number of rotatable bonds is 6. The van der Waals surface area contributed by atoms with Crippen molar-refractivity contribution in [3.63, 3.8) is 0 Å². The van der Waals surface area contributed by atoms with E-state index < -0.39 is 5.97 Å². The van der Waals surface area contributed by atoms with Crippen molar-refractivity contribution >= 4 is 11.9 Å². The third-order valence-corrected chi connectivity index (χ3v) is 2.59. The van der Waals surface area contributed by atoms with Gasteiger partial charge >= 0.3 is 11.9 Å². The molecule has 0 fully saturated rings. The third kappa shape index (κ3) is 5.10. The Morgan fingerprint density at radius 1 is 0.952 bits per heavy atom. The first-order valence-corrected chi connectivity index (χ1v) is 7.05. The molecule has 0 atom stereocenters. The Labute approximate surface area is 125 Å². The highest BCUT2D eigenvalue weighted by Gasteiger charge is 2.18. The molecule has 0 bridgehead atoms. The maximum absolute atomic E-state index is 11.7. The van der Waals surface area contributed by atoms with Crippen molar-refractivity contribution in [2.24, 2.45) is 11.8 Å². The van der Waals surface area contributed by atoms with Gasteiger partial charge in [-0.2, -0.15) is 0 Å². The van der Waals surface area contributed by atoms with Crippen LogP contribution < -0.4 is 14.2 Å². The van der Waals surface area contributed by atoms with Gasteiger partial charge in [-0.15, -0.1) is 0 Å². The van der Waals surface area contributed by atoms with Gasteiger partial charge in [0.25, 0.3) is 0 Å². The number of hydrogen-bond acceptors (Lipinski definition) is 5. The van der Waals surface area contributed by atoms with Crippen molar-refractivity contribution in [2.45, 2.75) is 34.6 Å². The predicted molar refractivity (Wildman–Crippen MR) is 78.6 cm³/mol. The van der Waals surface area contributed by atoms with Crippen LogP contribution in [0.25, 0.3) is 0 Å². The summed E-state index contributed by atoms with van der Waals surface area (Å²) in [4.78, 5) is 23.5. The second-order valence-corrected chi connectivity index (χ2v) is 5.19. The lowest BCUT2D eigenvalue weighted by Crippen LogP contribution is -2.18. The van der Waals surface area contributed by atoms with Gasteiger partial charge in [-0.1, -0.05) is 27.7 Å². The number of hydrogen-bond donors (Lipinski definition) is 0. The van der Waals surface area contributed by atoms with E-state index in [0.29, 0.717) is 12.4 Å². The van der Waals surface area contributed by atoms with Crippen LogP contribution in [0.1, 0.15) is 34.6 Å². The molecule has 0 radical (unpaired) electrons. The molecule has 1 rings (SSSR count). The standard InChI is InChI=1S/C16H22O5/c1-6-19-12-7-8-13(20-15(17)10(2)3)14(9-12)21-16(18)11(4)5/h7-11H,6H2,1-5H3. The molecular formula is C16H22O5. The zero-order valence-electron chi connectivity index (χ0n) is 13.1. The van der Waals surface area contributed by atoms with Crippen molar-refractivity contribution in [3.8, 4) is 17.2 Å². The molecule has 0 aliphatic heterocycles. The van der Waals surface area contributed by atoms with Gasteiger partial charge in [-0.05, 0) is 19.1 Å². The van der Waals surface area contributed by atoms with Gasteiger partial charge in [0.2, 0.25) is 0 Å². The summed E-state index contributed by atoms with van der Waals surface area (Å²) in [6.07, 6.45) is 0. The fourth-order valence-electron chi connectivity index (χ4n) is 1.36. The average Bonchev–Trinajstić information content (AvgIpc) is 2.41. The van der Waals surface area contributed by atoms with E-state index in [1.807, 2.05) is 6.92 Å². The summed E-state index contributed by atoms with van der Waals surface area (Å²) in [5, 5.41) is 0. The first-order chi connectivity index (χ1) is 9.85. The largest absolute Gasteiger partial charge is 0.494 e. The monoisotopic (exact) mass is 294 g/mol. The Bertz CT molecular complexity index is 505. The Hall–Kier alpha value is -2.04. The normalized spacial score (nSPS) is 10.6. The SMILES string of the molecule is CCOc1ccc(OC(=O)C(C)C)c(OC(=O)C(C)C)c1. The summed E-state index contributed by atoms with van der Waals surface area (Å²) in [6, 6.07) is 4.78. The highest BCUT2D eigenvalue weighted by atomic mass is 16.6. The molecule has 0 heterocycles. The van der Waals surface area contributed by atoms with E-state index in [0.717, 1.165) is 0 Å². The molecule has 0 N–H and O–H groups in total. The highest BCUT2D eigenvalue weighted by molar-refractivity contribution is 5.78. The Morgan fingerprint density at radius 3 is 1.95 bits per heavy atom. The zero-order chi connectivity index (χ0) is 16.0. The summed E-state index contributed by atoms with van der Waals surface area (Å²) in [7, 11) is 0. The lowest BCUT2D eigenvalue weighted by Gasteiger charge is -2.14. The van der Waals surface area contributed by atoms with E-state index >= 15 is 0 Å². The van der Waals surface area contributed by atoms with Gasteiger partial charge in [-0.3, -0.25) is 9.59 Å². The number of carbonyl (C=O) groups is 2. The van der Waals surface area contributed by atoms with Gasteiger partial charge < -0.3 is 14.2 Å². The minimum absolute atomic E-state index is 0.189. The van der Waals surface area contributed by atoms with E-state index in [4.69, 9.17) is 14.2 Å². The van der Waals surface area contributed by atoms with E-state index in [2.05, 4.69) is 0 Å². The summed E-state index contributed by atoms with van der Waals surface area (Å²) < 4.78 is 15.9. The van der Waals surface area contributed by atoms with Gasteiger partial charge in [0.1, 0.15) is 5.75 Å². The van der Waals surface area contributed by atoms with Crippen LogP contribution in [0, 0.1) is 11.8 Å². The van der Waals surface area contributed by atoms with Crippen molar-refractivity contribution in [2.75, 3.05) is 6.61 Å². The topological polar surface area (TPSA) is 61.8 Å². The van der Waals surface area contributed by atoms with E-state index in [1.165, 1.54) is 0 Å².